The maximum absolute atomic E-state index is 12.9. The summed E-state index contributed by atoms with van der Waals surface area (Å²) in [6.45, 7) is 1.83. The summed E-state index contributed by atoms with van der Waals surface area (Å²) in [7, 11) is 3.00. The van der Waals surface area contributed by atoms with Crippen LogP contribution in [0.2, 0.25) is 5.02 Å². The van der Waals surface area contributed by atoms with E-state index >= 15 is 0 Å². The van der Waals surface area contributed by atoms with E-state index in [1.807, 2.05) is 13.0 Å². The molecule has 1 N–H and O–H groups in total. The number of aryl methyl sites for hydroxylation is 1. The number of hydrogen-bond donors (Lipinski definition) is 1. The van der Waals surface area contributed by atoms with Crippen LogP contribution in [-0.4, -0.2) is 30.3 Å². The topological polar surface area (TPSA) is 86.5 Å². The normalized spacial score (nSPS) is 10.6. The van der Waals surface area contributed by atoms with E-state index in [4.69, 9.17) is 25.6 Å². The Hall–Kier alpha value is -2.71. The van der Waals surface area contributed by atoms with E-state index < -0.39 is 0 Å². The van der Waals surface area contributed by atoms with Crippen LogP contribution in [0.15, 0.2) is 46.1 Å². The lowest BCUT2D eigenvalue weighted by molar-refractivity contribution is 0.102. The molecule has 0 unspecified atom stereocenters. The number of ether oxygens (including phenoxy) is 2. The lowest BCUT2D eigenvalue weighted by Crippen LogP contribution is -2.14. The highest BCUT2D eigenvalue weighted by atomic mass is 35.5. The van der Waals surface area contributed by atoms with Crippen molar-refractivity contribution in [1.29, 1.82) is 0 Å². The maximum Gasteiger partial charge on any atom is 0.258 e. The molecule has 0 radical (unpaired) electrons. The molecule has 7 nitrogen and oxygen atoms in total. The molecular formula is C19H18ClN3O4S. The van der Waals surface area contributed by atoms with Gasteiger partial charge in [-0.2, -0.15) is 0 Å². The first kappa shape index (κ1) is 20.0. The van der Waals surface area contributed by atoms with Crippen molar-refractivity contribution in [3.8, 4) is 11.5 Å². The summed E-state index contributed by atoms with van der Waals surface area (Å²) in [5.41, 5.74) is 1.66. The summed E-state index contributed by atoms with van der Waals surface area (Å²) in [5.74, 6) is 1.80. The van der Waals surface area contributed by atoms with Gasteiger partial charge in [0, 0.05) is 30.1 Å². The number of anilines is 1. The van der Waals surface area contributed by atoms with Gasteiger partial charge in [-0.25, -0.2) is 4.98 Å². The van der Waals surface area contributed by atoms with Gasteiger partial charge in [0.25, 0.3) is 5.91 Å². The van der Waals surface area contributed by atoms with Crippen molar-refractivity contribution in [1.82, 2.24) is 10.1 Å². The van der Waals surface area contributed by atoms with Crippen molar-refractivity contribution in [2.75, 3.05) is 19.5 Å². The minimum atomic E-state index is -0.324. The van der Waals surface area contributed by atoms with Crippen LogP contribution in [-0.2, 0) is 5.75 Å². The van der Waals surface area contributed by atoms with Crippen LogP contribution in [0.3, 0.4) is 0 Å². The zero-order valence-electron chi connectivity index (χ0n) is 15.5. The number of halogens is 1. The largest absolute Gasteiger partial charge is 0.495 e. The monoisotopic (exact) mass is 419 g/mol. The molecule has 1 amide bonds. The third-order valence-corrected chi connectivity index (χ3v) is 5.11. The van der Waals surface area contributed by atoms with Crippen LogP contribution >= 0.6 is 23.4 Å². The number of pyridine rings is 1. The predicted molar refractivity (Wildman–Crippen MR) is 108 cm³/mol. The first-order valence-electron chi connectivity index (χ1n) is 8.24. The third kappa shape index (κ3) is 4.58. The summed E-state index contributed by atoms with van der Waals surface area (Å²) in [5, 5.41) is 7.76. The van der Waals surface area contributed by atoms with Crippen molar-refractivity contribution in [2.45, 2.75) is 17.7 Å². The van der Waals surface area contributed by atoms with Crippen LogP contribution in [0.1, 0.15) is 21.8 Å². The Labute approximate surface area is 171 Å². The van der Waals surface area contributed by atoms with Crippen LogP contribution < -0.4 is 14.8 Å². The molecule has 0 aliphatic rings. The molecule has 146 valence electrons. The molecule has 2 aromatic heterocycles. The molecule has 0 fully saturated rings. The molecule has 0 atom stereocenters. The average Bonchev–Trinajstić information content (AvgIpc) is 3.12. The van der Waals surface area contributed by atoms with Gasteiger partial charge in [-0.05, 0) is 19.1 Å². The van der Waals surface area contributed by atoms with E-state index in [2.05, 4.69) is 15.5 Å². The summed E-state index contributed by atoms with van der Waals surface area (Å²) in [6, 6.07) is 8.46. The molecule has 28 heavy (non-hydrogen) atoms. The fourth-order valence-electron chi connectivity index (χ4n) is 2.45. The fourth-order valence-corrected chi connectivity index (χ4v) is 3.56. The summed E-state index contributed by atoms with van der Waals surface area (Å²) < 4.78 is 15.6. The highest BCUT2D eigenvalue weighted by Gasteiger charge is 2.17. The van der Waals surface area contributed by atoms with Crippen LogP contribution in [0.25, 0.3) is 0 Å². The molecule has 0 saturated carbocycles. The van der Waals surface area contributed by atoms with Gasteiger partial charge in [0.1, 0.15) is 22.3 Å². The van der Waals surface area contributed by atoms with Gasteiger partial charge in [-0.15, -0.1) is 0 Å². The Balaban J connectivity index is 1.81. The standard InChI is InChI=1S/C19H18ClN3O4S/c1-11-7-12(23-27-11)10-28-19-13(5-4-6-21-19)18(24)22-15-9-16(25-2)14(20)8-17(15)26-3/h4-9H,10H2,1-3H3,(H,22,24). The number of amides is 1. The fraction of sp³-hybridized carbons (Fsp3) is 0.211. The van der Waals surface area contributed by atoms with Gasteiger partial charge < -0.3 is 19.3 Å². The lowest BCUT2D eigenvalue weighted by atomic mass is 10.2. The van der Waals surface area contributed by atoms with E-state index in [9.17, 15) is 4.79 Å². The number of nitrogens with one attached hydrogen (secondary N) is 1. The van der Waals surface area contributed by atoms with Gasteiger partial charge in [0.15, 0.2) is 0 Å². The van der Waals surface area contributed by atoms with E-state index in [0.717, 1.165) is 11.5 Å². The molecule has 3 rings (SSSR count). The van der Waals surface area contributed by atoms with Gasteiger partial charge >= 0.3 is 0 Å². The minimum absolute atomic E-state index is 0.324. The lowest BCUT2D eigenvalue weighted by Gasteiger charge is -2.14. The molecular weight excluding hydrogens is 402 g/mol. The number of carbonyl (C=O) groups excluding carboxylic acids is 1. The number of nitrogens with zero attached hydrogens (tertiary/aromatic N) is 2. The Kier molecular flexibility index (Phi) is 6.43. The smallest absolute Gasteiger partial charge is 0.258 e. The number of hydrogen-bond acceptors (Lipinski definition) is 7. The first-order valence-corrected chi connectivity index (χ1v) is 9.61. The summed E-state index contributed by atoms with van der Waals surface area (Å²) >= 11 is 7.52. The Morgan fingerprint density at radius 1 is 1.25 bits per heavy atom. The van der Waals surface area contributed by atoms with Crippen molar-refractivity contribution in [3.63, 3.8) is 0 Å². The molecule has 0 aliphatic carbocycles. The van der Waals surface area contributed by atoms with E-state index in [0.29, 0.717) is 38.6 Å². The second-order valence-corrected chi connectivity index (χ2v) is 7.09. The summed E-state index contributed by atoms with van der Waals surface area (Å²) in [6.07, 6.45) is 1.64. The zero-order valence-corrected chi connectivity index (χ0v) is 17.1. The Morgan fingerprint density at radius 2 is 2.04 bits per heavy atom. The van der Waals surface area contributed by atoms with Crippen LogP contribution in [0.5, 0.6) is 11.5 Å². The second kappa shape index (κ2) is 8.99. The number of benzene rings is 1. The molecule has 0 spiro atoms. The highest BCUT2D eigenvalue weighted by Crippen LogP contribution is 2.36. The molecule has 2 heterocycles. The molecule has 1 aromatic carbocycles. The van der Waals surface area contributed by atoms with Gasteiger partial charge in [0.2, 0.25) is 0 Å². The van der Waals surface area contributed by atoms with Crippen molar-refractivity contribution in [3.05, 3.63) is 58.6 Å². The first-order chi connectivity index (χ1) is 13.5. The van der Waals surface area contributed by atoms with Gasteiger partial charge in [-0.3, -0.25) is 4.79 Å². The summed E-state index contributed by atoms with van der Waals surface area (Å²) in [4.78, 5) is 17.2. The molecule has 0 saturated heterocycles. The molecule has 3 aromatic rings. The number of methoxy groups -OCH3 is 2. The predicted octanol–water partition coefficient (Wildman–Crippen LogP) is 4.59. The Morgan fingerprint density at radius 3 is 2.71 bits per heavy atom. The van der Waals surface area contributed by atoms with E-state index in [1.165, 1.54) is 26.0 Å². The third-order valence-electron chi connectivity index (χ3n) is 3.77. The van der Waals surface area contributed by atoms with Crippen LogP contribution in [0, 0.1) is 6.92 Å². The zero-order chi connectivity index (χ0) is 20.1. The molecule has 9 heteroatoms. The number of aromatic nitrogens is 2. The quantitative estimate of drug-likeness (QED) is 0.560. The SMILES string of the molecule is COc1cc(NC(=O)c2cccnc2SCc2cc(C)on2)c(OC)cc1Cl. The highest BCUT2D eigenvalue weighted by molar-refractivity contribution is 7.98. The van der Waals surface area contributed by atoms with Gasteiger partial charge in [0.05, 0.1) is 36.2 Å². The van der Waals surface area contributed by atoms with Crippen LogP contribution in [0.4, 0.5) is 5.69 Å². The molecule has 0 aliphatic heterocycles. The van der Waals surface area contributed by atoms with Crippen molar-refractivity contribution < 1.29 is 18.8 Å². The van der Waals surface area contributed by atoms with Crippen molar-refractivity contribution in [2.24, 2.45) is 0 Å². The Bertz CT molecular complexity index is 993. The van der Waals surface area contributed by atoms with E-state index in [1.54, 1.807) is 30.5 Å². The van der Waals surface area contributed by atoms with E-state index in [-0.39, 0.29) is 5.91 Å². The number of rotatable bonds is 7. The number of thioether (sulfide) groups is 1. The van der Waals surface area contributed by atoms with Gasteiger partial charge in [-0.1, -0.05) is 28.5 Å². The van der Waals surface area contributed by atoms with Crippen molar-refractivity contribution >= 4 is 35.0 Å². The maximum atomic E-state index is 12.9. The molecule has 0 bridgehead atoms. The number of carbonyl (C=O) groups is 1. The average molecular weight is 420 g/mol. The minimum Gasteiger partial charge on any atom is -0.495 e. The second-order valence-electron chi connectivity index (χ2n) is 5.71.